The lowest BCUT2D eigenvalue weighted by Gasteiger charge is -2.16. The molecular weight excluding hydrogens is 369 g/mol. The molecule has 3 rings (SSSR count). The third-order valence-corrected chi connectivity index (χ3v) is 5.29. The van der Waals surface area contributed by atoms with Crippen LogP contribution in [0, 0.1) is 5.82 Å². The minimum atomic E-state index is -0.372. The van der Waals surface area contributed by atoms with Gasteiger partial charge in [-0.25, -0.2) is 4.39 Å². The molecule has 0 atom stereocenters. The lowest BCUT2D eigenvalue weighted by Crippen LogP contribution is -2.36. The standard InChI is InChI=1S/C18H22FN5O2S/c1-23(11-16(25)20-14-8-6-13(19)7-9-14)17(26)12-27-18-22-21-15-5-3-2-4-10-24(15)18/h6-9H,2-5,10-12H2,1H3,(H,20,25). The second-order valence-electron chi connectivity index (χ2n) is 6.45. The van der Waals surface area contributed by atoms with Crippen molar-refractivity contribution in [2.75, 3.05) is 24.7 Å². The molecule has 1 N–H and O–H groups in total. The quantitative estimate of drug-likeness (QED) is 0.765. The van der Waals surface area contributed by atoms with Crippen LogP contribution in [0.5, 0.6) is 0 Å². The molecule has 0 unspecified atom stereocenters. The summed E-state index contributed by atoms with van der Waals surface area (Å²) in [5.74, 6) is 0.301. The SMILES string of the molecule is CN(CC(=O)Nc1ccc(F)cc1)C(=O)CSc1nnc2n1CCCCC2. The van der Waals surface area contributed by atoms with Gasteiger partial charge in [-0.2, -0.15) is 0 Å². The number of hydrogen-bond acceptors (Lipinski definition) is 5. The van der Waals surface area contributed by atoms with Gasteiger partial charge in [0.25, 0.3) is 0 Å². The molecule has 0 saturated carbocycles. The van der Waals surface area contributed by atoms with Crippen molar-refractivity contribution in [3.63, 3.8) is 0 Å². The van der Waals surface area contributed by atoms with E-state index < -0.39 is 0 Å². The fourth-order valence-electron chi connectivity index (χ4n) is 2.84. The average molecular weight is 391 g/mol. The summed E-state index contributed by atoms with van der Waals surface area (Å²) in [4.78, 5) is 25.7. The van der Waals surface area contributed by atoms with Crippen LogP contribution in [0.1, 0.15) is 25.1 Å². The molecule has 0 bridgehead atoms. The first-order valence-electron chi connectivity index (χ1n) is 8.87. The van der Waals surface area contributed by atoms with Gasteiger partial charge in [-0.05, 0) is 37.1 Å². The molecule has 7 nitrogen and oxygen atoms in total. The third-order valence-electron chi connectivity index (χ3n) is 4.33. The maximum atomic E-state index is 12.9. The maximum Gasteiger partial charge on any atom is 0.243 e. The van der Waals surface area contributed by atoms with E-state index in [1.165, 1.54) is 47.3 Å². The third kappa shape index (κ3) is 5.29. The largest absolute Gasteiger partial charge is 0.336 e. The highest BCUT2D eigenvalue weighted by Crippen LogP contribution is 2.21. The van der Waals surface area contributed by atoms with Crippen molar-refractivity contribution in [3.8, 4) is 0 Å². The predicted octanol–water partition coefficient (Wildman–Crippen LogP) is 2.33. The number of aromatic nitrogens is 3. The zero-order chi connectivity index (χ0) is 19.2. The first kappa shape index (κ1) is 19.3. The van der Waals surface area contributed by atoms with E-state index in [1.54, 1.807) is 7.05 Å². The summed E-state index contributed by atoms with van der Waals surface area (Å²) in [5, 5.41) is 11.8. The molecular formula is C18H22FN5O2S. The van der Waals surface area contributed by atoms with E-state index >= 15 is 0 Å². The summed E-state index contributed by atoms with van der Waals surface area (Å²) >= 11 is 1.34. The Morgan fingerprint density at radius 1 is 1.22 bits per heavy atom. The van der Waals surface area contributed by atoms with E-state index in [9.17, 15) is 14.0 Å². The number of likely N-dealkylation sites (N-methyl/N-ethyl adjacent to an activating group) is 1. The number of thioether (sulfide) groups is 1. The summed E-state index contributed by atoms with van der Waals surface area (Å²) in [5.41, 5.74) is 0.489. The van der Waals surface area contributed by atoms with Crippen LogP contribution in [-0.4, -0.2) is 50.8 Å². The number of carbonyl (C=O) groups is 2. The summed E-state index contributed by atoms with van der Waals surface area (Å²) in [7, 11) is 1.58. The van der Waals surface area contributed by atoms with Crippen molar-refractivity contribution < 1.29 is 14.0 Å². The van der Waals surface area contributed by atoms with Gasteiger partial charge in [0.2, 0.25) is 11.8 Å². The highest BCUT2D eigenvalue weighted by molar-refractivity contribution is 7.99. The van der Waals surface area contributed by atoms with E-state index in [0.717, 1.165) is 36.8 Å². The summed E-state index contributed by atoms with van der Waals surface area (Å²) in [6.07, 6.45) is 4.31. The number of nitrogens with one attached hydrogen (secondary N) is 1. The normalized spacial score (nSPS) is 13.6. The average Bonchev–Trinajstić information content (AvgIpc) is 2.87. The number of anilines is 1. The minimum absolute atomic E-state index is 0.0747. The molecule has 0 spiro atoms. The Balaban J connectivity index is 1.48. The van der Waals surface area contributed by atoms with Gasteiger partial charge >= 0.3 is 0 Å². The van der Waals surface area contributed by atoms with Gasteiger partial charge < -0.3 is 14.8 Å². The predicted molar refractivity (Wildman–Crippen MR) is 101 cm³/mol. The molecule has 2 amide bonds. The Morgan fingerprint density at radius 3 is 2.78 bits per heavy atom. The molecule has 144 valence electrons. The monoisotopic (exact) mass is 391 g/mol. The van der Waals surface area contributed by atoms with Gasteiger partial charge in [0.05, 0.1) is 12.3 Å². The highest BCUT2D eigenvalue weighted by atomic mass is 32.2. The van der Waals surface area contributed by atoms with E-state index in [0.29, 0.717) is 5.69 Å². The van der Waals surface area contributed by atoms with Crippen LogP contribution in [0.3, 0.4) is 0 Å². The second-order valence-corrected chi connectivity index (χ2v) is 7.40. The number of halogens is 1. The lowest BCUT2D eigenvalue weighted by molar-refractivity contribution is -0.131. The zero-order valence-electron chi connectivity index (χ0n) is 15.2. The minimum Gasteiger partial charge on any atom is -0.336 e. The number of aryl methyl sites for hydroxylation is 1. The molecule has 0 fully saturated rings. The number of hydrogen-bond donors (Lipinski definition) is 1. The molecule has 1 aliphatic rings. The lowest BCUT2D eigenvalue weighted by atomic mass is 10.2. The number of nitrogens with zero attached hydrogens (tertiary/aromatic N) is 4. The summed E-state index contributed by atoms with van der Waals surface area (Å²) in [6, 6.07) is 5.48. The van der Waals surface area contributed by atoms with Gasteiger partial charge in [-0.15, -0.1) is 10.2 Å². The second kappa shape index (κ2) is 8.98. The maximum absolute atomic E-state index is 12.9. The number of carbonyl (C=O) groups excluding carboxylic acids is 2. The van der Waals surface area contributed by atoms with Crippen LogP contribution in [-0.2, 0) is 22.6 Å². The van der Waals surface area contributed by atoms with Crippen molar-refractivity contribution in [2.24, 2.45) is 0 Å². The number of rotatable bonds is 6. The van der Waals surface area contributed by atoms with Gasteiger partial charge in [0, 0.05) is 25.7 Å². The Labute approximate surface area is 161 Å². The van der Waals surface area contributed by atoms with Gasteiger partial charge in [-0.1, -0.05) is 18.2 Å². The fraction of sp³-hybridized carbons (Fsp3) is 0.444. The molecule has 1 aromatic heterocycles. The van der Waals surface area contributed by atoms with Crippen LogP contribution >= 0.6 is 11.8 Å². The Morgan fingerprint density at radius 2 is 2.00 bits per heavy atom. The Hall–Kier alpha value is -2.42. The first-order chi connectivity index (χ1) is 13.0. The molecule has 2 heterocycles. The summed E-state index contributed by atoms with van der Waals surface area (Å²) in [6.45, 7) is 0.809. The highest BCUT2D eigenvalue weighted by Gasteiger charge is 2.18. The molecule has 9 heteroatoms. The Bertz CT molecular complexity index is 809. The topological polar surface area (TPSA) is 80.1 Å². The smallest absolute Gasteiger partial charge is 0.243 e. The van der Waals surface area contributed by atoms with Gasteiger partial charge in [-0.3, -0.25) is 9.59 Å². The van der Waals surface area contributed by atoms with Crippen LogP contribution in [0.25, 0.3) is 0 Å². The van der Waals surface area contributed by atoms with Crippen molar-refractivity contribution in [1.82, 2.24) is 19.7 Å². The number of fused-ring (bicyclic) bond motifs is 1. The molecule has 2 aromatic rings. The molecule has 1 aromatic carbocycles. The van der Waals surface area contributed by atoms with E-state index in [4.69, 9.17) is 0 Å². The van der Waals surface area contributed by atoms with E-state index in [-0.39, 0.29) is 29.9 Å². The fourth-order valence-corrected chi connectivity index (χ4v) is 3.76. The molecule has 0 radical (unpaired) electrons. The van der Waals surface area contributed by atoms with Gasteiger partial charge in [0.15, 0.2) is 5.16 Å². The van der Waals surface area contributed by atoms with Crippen LogP contribution in [0.4, 0.5) is 10.1 Å². The van der Waals surface area contributed by atoms with E-state index in [2.05, 4.69) is 20.1 Å². The molecule has 0 aliphatic carbocycles. The van der Waals surface area contributed by atoms with Crippen LogP contribution in [0.15, 0.2) is 29.4 Å². The van der Waals surface area contributed by atoms with Crippen LogP contribution < -0.4 is 5.32 Å². The van der Waals surface area contributed by atoms with Crippen molar-refractivity contribution in [2.45, 2.75) is 37.4 Å². The van der Waals surface area contributed by atoms with Crippen molar-refractivity contribution in [1.29, 1.82) is 0 Å². The molecule has 1 aliphatic heterocycles. The van der Waals surface area contributed by atoms with Crippen LogP contribution in [0.2, 0.25) is 0 Å². The number of amides is 2. The Kier molecular flexibility index (Phi) is 6.44. The van der Waals surface area contributed by atoms with Crippen molar-refractivity contribution in [3.05, 3.63) is 35.9 Å². The zero-order valence-corrected chi connectivity index (χ0v) is 16.0. The van der Waals surface area contributed by atoms with Gasteiger partial charge in [0.1, 0.15) is 11.6 Å². The van der Waals surface area contributed by atoms with Crippen molar-refractivity contribution >= 4 is 29.3 Å². The first-order valence-corrected chi connectivity index (χ1v) is 9.86. The summed E-state index contributed by atoms with van der Waals surface area (Å²) < 4.78 is 15.0. The number of benzene rings is 1. The molecule has 27 heavy (non-hydrogen) atoms. The van der Waals surface area contributed by atoms with E-state index in [1.807, 2.05) is 0 Å². The molecule has 0 saturated heterocycles.